The highest BCUT2D eigenvalue weighted by atomic mass is 32.2. The first-order valence-corrected chi connectivity index (χ1v) is 13.3. The van der Waals surface area contributed by atoms with Crippen molar-refractivity contribution in [3.05, 3.63) is 89.5 Å². The summed E-state index contributed by atoms with van der Waals surface area (Å²) in [4.78, 5) is 15.4. The van der Waals surface area contributed by atoms with Gasteiger partial charge in [-0.1, -0.05) is 42.5 Å². The number of nitrogens with two attached hydrogens (primary N) is 1. The van der Waals surface area contributed by atoms with Gasteiger partial charge < -0.3 is 15.6 Å². The van der Waals surface area contributed by atoms with Gasteiger partial charge in [-0.15, -0.1) is 4.40 Å². The molecule has 1 unspecified atom stereocenters. The number of aromatic nitrogens is 1. The molecule has 2 heterocycles. The molecule has 1 aliphatic heterocycles. The van der Waals surface area contributed by atoms with Gasteiger partial charge in [0.2, 0.25) is 5.90 Å². The predicted octanol–water partition coefficient (Wildman–Crippen LogP) is 4.12. The summed E-state index contributed by atoms with van der Waals surface area (Å²) < 4.78 is 51.2. The van der Waals surface area contributed by atoms with Gasteiger partial charge in [0, 0.05) is 19.2 Å². The number of hydrogen-bond acceptors (Lipinski definition) is 6. The molecule has 3 aromatic rings. The summed E-state index contributed by atoms with van der Waals surface area (Å²) in [5, 5.41) is 8.43. The summed E-state index contributed by atoms with van der Waals surface area (Å²) in [6.45, 7) is 3.14. The van der Waals surface area contributed by atoms with Gasteiger partial charge >= 0.3 is 0 Å². The van der Waals surface area contributed by atoms with Crippen LogP contribution in [0.1, 0.15) is 59.5 Å². The SMILES string of the molecule is CC1(C)OC(C[C@@H](CCO)c2ccccc2F)=NS(=O)(=O)C1c1ccc(-c2ccnc(C(N)=O)c2)cc1. The van der Waals surface area contributed by atoms with Gasteiger partial charge in [0.1, 0.15) is 22.4 Å². The molecule has 3 N–H and O–H groups in total. The van der Waals surface area contributed by atoms with Crippen LogP contribution in [0.5, 0.6) is 0 Å². The maximum Gasteiger partial charge on any atom is 0.267 e. The summed E-state index contributed by atoms with van der Waals surface area (Å²) >= 11 is 0. The van der Waals surface area contributed by atoms with Crippen molar-refractivity contribution in [1.82, 2.24) is 4.98 Å². The molecule has 1 aliphatic rings. The van der Waals surface area contributed by atoms with Crippen molar-refractivity contribution in [2.24, 2.45) is 10.1 Å². The molecule has 0 fully saturated rings. The van der Waals surface area contributed by atoms with Crippen molar-refractivity contribution < 1.29 is 27.4 Å². The van der Waals surface area contributed by atoms with Crippen LogP contribution in [0.15, 0.2) is 71.3 Å². The van der Waals surface area contributed by atoms with Gasteiger partial charge in [-0.2, -0.15) is 0 Å². The Hall–Kier alpha value is -3.63. The second-order valence-electron chi connectivity index (χ2n) is 9.44. The second kappa shape index (κ2) is 10.4. The zero-order valence-electron chi connectivity index (χ0n) is 20.5. The fourth-order valence-electron chi connectivity index (χ4n) is 4.72. The number of benzene rings is 2. The second-order valence-corrected chi connectivity index (χ2v) is 11.1. The van der Waals surface area contributed by atoms with Gasteiger partial charge in [-0.3, -0.25) is 9.78 Å². The van der Waals surface area contributed by atoms with E-state index in [1.54, 1.807) is 68.4 Å². The zero-order valence-corrected chi connectivity index (χ0v) is 21.3. The molecule has 0 saturated carbocycles. The van der Waals surface area contributed by atoms with E-state index in [4.69, 9.17) is 10.5 Å². The van der Waals surface area contributed by atoms with Gasteiger partial charge in [0.05, 0.1) is 0 Å². The Morgan fingerprint density at radius 1 is 1.14 bits per heavy atom. The van der Waals surface area contributed by atoms with Crippen LogP contribution in [0.2, 0.25) is 0 Å². The lowest BCUT2D eigenvalue weighted by molar-refractivity contribution is 0.0797. The third kappa shape index (κ3) is 5.70. The van der Waals surface area contributed by atoms with E-state index in [0.717, 1.165) is 5.56 Å². The summed E-state index contributed by atoms with van der Waals surface area (Å²) in [5.41, 5.74) is 6.58. The number of aliphatic hydroxyl groups excluding tert-OH is 1. The first-order chi connectivity index (χ1) is 17.5. The first kappa shape index (κ1) is 26.4. The van der Waals surface area contributed by atoms with Crippen molar-refractivity contribution in [3.8, 4) is 11.1 Å². The lowest BCUT2D eigenvalue weighted by Crippen LogP contribution is -2.43. The first-order valence-electron chi connectivity index (χ1n) is 11.7. The van der Waals surface area contributed by atoms with Gasteiger partial charge in [0.15, 0.2) is 0 Å². The fourth-order valence-corrected chi connectivity index (χ4v) is 6.48. The topological polar surface area (TPSA) is 132 Å². The lowest BCUT2D eigenvalue weighted by atomic mass is 9.91. The highest BCUT2D eigenvalue weighted by Gasteiger charge is 2.47. The van der Waals surface area contributed by atoms with Crippen molar-refractivity contribution in [3.63, 3.8) is 0 Å². The number of halogens is 1. The zero-order chi connectivity index (χ0) is 26.8. The Morgan fingerprint density at radius 2 is 1.84 bits per heavy atom. The number of rotatable bonds is 8. The molecule has 0 saturated heterocycles. The maximum absolute atomic E-state index is 14.4. The summed E-state index contributed by atoms with van der Waals surface area (Å²) in [6.07, 6.45) is 1.73. The Bertz CT molecular complexity index is 1440. The largest absolute Gasteiger partial charge is 0.472 e. The molecule has 0 radical (unpaired) electrons. The van der Waals surface area contributed by atoms with E-state index in [1.165, 1.54) is 12.3 Å². The fraction of sp³-hybridized carbons (Fsp3) is 0.296. The van der Waals surface area contributed by atoms with Crippen LogP contribution in [0.4, 0.5) is 4.39 Å². The minimum atomic E-state index is -4.05. The molecular weight excluding hydrogens is 497 g/mol. The Labute approximate surface area is 215 Å². The van der Waals surface area contributed by atoms with Crippen LogP contribution in [-0.4, -0.2) is 42.5 Å². The van der Waals surface area contributed by atoms with E-state index < -0.39 is 38.5 Å². The number of hydrogen-bond donors (Lipinski definition) is 2. The Morgan fingerprint density at radius 3 is 2.46 bits per heavy atom. The number of ether oxygens (including phenoxy) is 1. The van der Waals surface area contributed by atoms with E-state index >= 15 is 0 Å². The number of carbonyl (C=O) groups excluding carboxylic acids is 1. The summed E-state index contributed by atoms with van der Waals surface area (Å²) in [7, 11) is -4.05. The van der Waals surface area contributed by atoms with Crippen molar-refractivity contribution >= 4 is 21.8 Å². The molecule has 37 heavy (non-hydrogen) atoms. The van der Waals surface area contributed by atoms with E-state index in [-0.39, 0.29) is 31.0 Å². The number of aliphatic hydroxyl groups is 1. The molecule has 4 rings (SSSR count). The molecule has 8 nitrogen and oxygen atoms in total. The number of nitrogens with zero attached hydrogens (tertiary/aromatic N) is 2. The van der Waals surface area contributed by atoms with Crippen LogP contribution >= 0.6 is 0 Å². The monoisotopic (exact) mass is 525 g/mol. The van der Waals surface area contributed by atoms with Crippen molar-refractivity contribution in [2.75, 3.05) is 6.61 Å². The van der Waals surface area contributed by atoms with E-state index in [9.17, 15) is 22.7 Å². The summed E-state index contributed by atoms with van der Waals surface area (Å²) in [5.74, 6) is -1.60. The number of primary amides is 1. The molecule has 0 bridgehead atoms. The Balaban J connectivity index is 1.63. The van der Waals surface area contributed by atoms with E-state index in [2.05, 4.69) is 9.38 Å². The Kier molecular flexibility index (Phi) is 7.42. The van der Waals surface area contributed by atoms with Gasteiger partial charge in [0.25, 0.3) is 15.9 Å². The lowest BCUT2D eigenvalue weighted by Gasteiger charge is -2.38. The molecule has 2 atom stereocenters. The quantitative estimate of drug-likeness (QED) is 0.455. The maximum atomic E-state index is 14.4. The molecule has 1 amide bonds. The highest BCUT2D eigenvalue weighted by molar-refractivity contribution is 7.90. The molecule has 194 valence electrons. The minimum absolute atomic E-state index is 0.0182. The third-order valence-corrected chi connectivity index (χ3v) is 8.24. The van der Waals surface area contributed by atoms with E-state index in [0.29, 0.717) is 16.7 Å². The van der Waals surface area contributed by atoms with Crippen LogP contribution in [0.25, 0.3) is 11.1 Å². The van der Waals surface area contributed by atoms with Gasteiger partial charge in [-0.25, -0.2) is 12.8 Å². The number of pyridine rings is 1. The smallest absolute Gasteiger partial charge is 0.267 e. The average molecular weight is 526 g/mol. The number of amides is 1. The van der Waals surface area contributed by atoms with Crippen LogP contribution in [0.3, 0.4) is 0 Å². The van der Waals surface area contributed by atoms with Crippen LogP contribution < -0.4 is 5.73 Å². The number of sulfonamides is 1. The third-order valence-electron chi connectivity index (χ3n) is 6.34. The summed E-state index contributed by atoms with van der Waals surface area (Å²) in [6, 6.07) is 16.3. The normalized spacial score (nSPS) is 18.9. The molecule has 0 spiro atoms. The van der Waals surface area contributed by atoms with E-state index in [1.807, 2.05) is 0 Å². The number of carbonyl (C=O) groups is 1. The van der Waals surface area contributed by atoms with Crippen LogP contribution in [-0.2, 0) is 14.8 Å². The molecular formula is C27H28FN3O5S. The predicted molar refractivity (Wildman–Crippen MR) is 138 cm³/mol. The molecule has 0 aliphatic carbocycles. The average Bonchev–Trinajstić information content (AvgIpc) is 2.83. The minimum Gasteiger partial charge on any atom is -0.472 e. The standard InChI is InChI=1S/C27H28FN3O5S/c1-27(2)25(18-9-7-17(8-10-18)19-11-13-30-23(15-19)26(29)33)37(34,35)31-24(36-27)16-20(12-14-32)21-5-3-4-6-22(21)28/h3-11,13,15,20,25,32H,12,14,16H2,1-2H3,(H2,29,33)/t20-,25?/m1/s1. The molecule has 2 aromatic carbocycles. The highest BCUT2D eigenvalue weighted by Crippen LogP contribution is 2.42. The molecule has 1 aromatic heterocycles. The van der Waals surface area contributed by atoms with Crippen LogP contribution in [0, 0.1) is 5.82 Å². The van der Waals surface area contributed by atoms with Crippen molar-refractivity contribution in [2.45, 2.75) is 43.5 Å². The molecule has 10 heteroatoms. The van der Waals surface area contributed by atoms with Crippen molar-refractivity contribution in [1.29, 1.82) is 0 Å². The van der Waals surface area contributed by atoms with Gasteiger partial charge in [-0.05, 0) is 66.6 Å².